The van der Waals surface area contributed by atoms with E-state index >= 15 is 0 Å². The first-order valence-corrected chi connectivity index (χ1v) is 6.07. The Labute approximate surface area is 104 Å². The second kappa shape index (κ2) is 7.87. The number of hydrogen-bond donors (Lipinski definition) is 0. The van der Waals surface area contributed by atoms with Crippen molar-refractivity contribution in [3.8, 4) is 0 Å². The van der Waals surface area contributed by atoms with E-state index in [2.05, 4.69) is 0 Å². The van der Waals surface area contributed by atoms with Crippen LogP contribution in [0.3, 0.4) is 0 Å². The van der Waals surface area contributed by atoms with Crippen LogP contribution in [0.4, 0.5) is 0 Å². The van der Waals surface area contributed by atoms with Crippen LogP contribution < -0.4 is 0 Å². The molecule has 0 aliphatic heterocycles. The molecule has 0 aromatic rings. The van der Waals surface area contributed by atoms with Crippen LogP contribution in [0.2, 0.25) is 0 Å². The number of rotatable bonds is 6. The molecule has 0 atom stereocenters. The quantitative estimate of drug-likeness (QED) is 0.528. The molecule has 0 aliphatic rings. The fourth-order valence-corrected chi connectivity index (χ4v) is 1.45. The topological polar surface area (TPSA) is 46.6 Å². The van der Waals surface area contributed by atoms with Crippen LogP contribution in [0.1, 0.15) is 41.0 Å². The number of nitrogens with zero attached hydrogens (tertiary/aromatic N) is 1. The number of ether oxygens (including phenoxy) is 1. The Morgan fingerprint density at radius 2 is 1.88 bits per heavy atom. The maximum atomic E-state index is 12.1. The second-order valence-corrected chi connectivity index (χ2v) is 4.13. The molecule has 0 rings (SSSR count). The van der Waals surface area contributed by atoms with Crippen molar-refractivity contribution in [2.24, 2.45) is 0 Å². The van der Waals surface area contributed by atoms with Crippen LogP contribution in [0.25, 0.3) is 0 Å². The minimum absolute atomic E-state index is 0.0131. The van der Waals surface area contributed by atoms with Crippen LogP contribution >= 0.6 is 0 Å². The van der Waals surface area contributed by atoms with Crippen molar-refractivity contribution in [2.75, 3.05) is 13.2 Å². The van der Waals surface area contributed by atoms with Gasteiger partial charge < -0.3 is 9.64 Å². The van der Waals surface area contributed by atoms with Gasteiger partial charge in [0.15, 0.2) is 0 Å². The summed E-state index contributed by atoms with van der Waals surface area (Å²) in [6.07, 6.45) is 2.67. The van der Waals surface area contributed by atoms with E-state index in [1.54, 1.807) is 13.8 Å². The van der Waals surface area contributed by atoms with Gasteiger partial charge in [-0.05, 0) is 34.1 Å². The van der Waals surface area contributed by atoms with Gasteiger partial charge in [0.2, 0.25) is 5.91 Å². The average molecular weight is 241 g/mol. The Hall–Kier alpha value is -1.32. The SMILES string of the molecule is CC/C=C(\C)C(=O)N(CC(=O)OCC)C(C)C. The molecular weight excluding hydrogens is 218 g/mol. The van der Waals surface area contributed by atoms with Crippen molar-refractivity contribution < 1.29 is 14.3 Å². The lowest BCUT2D eigenvalue weighted by Crippen LogP contribution is -2.41. The molecule has 1 amide bonds. The zero-order valence-electron chi connectivity index (χ0n) is 11.4. The standard InChI is InChI=1S/C13H23NO3/c1-6-8-11(5)13(16)14(10(3)4)9-12(15)17-7-2/h8,10H,6-7,9H2,1-5H3/b11-8+. The van der Waals surface area contributed by atoms with Gasteiger partial charge in [0.05, 0.1) is 6.61 Å². The number of esters is 1. The predicted octanol–water partition coefficient (Wildman–Crippen LogP) is 2.14. The van der Waals surface area contributed by atoms with Gasteiger partial charge in [-0.3, -0.25) is 9.59 Å². The van der Waals surface area contributed by atoms with Crippen LogP contribution in [-0.4, -0.2) is 36.0 Å². The number of carbonyl (C=O) groups excluding carboxylic acids is 2. The van der Waals surface area contributed by atoms with Crippen molar-refractivity contribution in [1.82, 2.24) is 4.90 Å². The molecule has 0 bridgehead atoms. The highest BCUT2D eigenvalue weighted by molar-refractivity contribution is 5.94. The Bertz CT molecular complexity index is 295. The summed E-state index contributed by atoms with van der Waals surface area (Å²) in [5.74, 6) is -0.464. The van der Waals surface area contributed by atoms with E-state index in [0.29, 0.717) is 12.2 Å². The van der Waals surface area contributed by atoms with Crippen molar-refractivity contribution in [3.05, 3.63) is 11.6 Å². The lowest BCUT2D eigenvalue weighted by molar-refractivity contribution is -0.148. The predicted molar refractivity (Wildman–Crippen MR) is 67.5 cm³/mol. The molecule has 0 aromatic heterocycles. The summed E-state index contributed by atoms with van der Waals surface area (Å²) in [6.45, 7) is 9.62. The van der Waals surface area contributed by atoms with Crippen LogP contribution in [0, 0.1) is 0 Å². The highest BCUT2D eigenvalue weighted by Gasteiger charge is 2.21. The molecular formula is C13H23NO3. The Balaban J connectivity index is 4.69. The van der Waals surface area contributed by atoms with Crippen molar-refractivity contribution >= 4 is 11.9 Å². The van der Waals surface area contributed by atoms with E-state index in [9.17, 15) is 9.59 Å². The zero-order chi connectivity index (χ0) is 13.4. The molecule has 0 saturated heterocycles. The molecule has 4 nitrogen and oxygen atoms in total. The molecule has 0 unspecified atom stereocenters. The molecule has 0 saturated carbocycles. The number of carbonyl (C=O) groups is 2. The maximum absolute atomic E-state index is 12.1. The minimum Gasteiger partial charge on any atom is -0.465 e. The molecule has 0 radical (unpaired) electrons. The van der Waals surface area contributed by atoms with Crippen molar-refractivity contribution in [3.63, 3.8) is 0 Å². The van der Waals surface area contributed by atoms with Crippen LogP contribution in [0.15, 0.2) is 11.6 Å². The summed E-state index contributed by atoms with van der Waals surface area (Å²) in [6, 6.07) is -0.0212. The van der Waals surface area contributed by atoms with Crippen LogP contribution in [-0.2, 0) is 14.3 Å². The fraction of sp³-hybridized carbons (Fsp3) is 0.692. The Kier molecular flexibility index (Phi) is 7.26. The van der Waals surface area contributed by atoms with E-state index in [1.807, 2.05) is 26.8 Å². The molecule has 4 heteroatoms. The monoisotopic (exact) mass is 241 g/mol. The largest absolute Gasteiger partial charge is 0.465 e. The lowest BCUT2D eigenvalue weighted by atomic mass is 10.2. The highest BCUT2D eigenvalue weighted by Crippen LogP contribution is 2.07. The van der Waals surface area contributed by atoms with Gasteiger partial charge in [0.1, 0.15) is 6.54 Å². The Morgan fingerprint density at radius 3 is 2.29 bits per heavy atom. The fourth-order valence-electron chi connectivity index (χ4n) is 1.45. The molecule has 0 aromatic carbocycles. The third kappa shape index (κ3) is 5.52. The van der Waals surface area contributed by atoms with E-state index in [4.69, 9.17) is 4.74 Å². The van der Waals surface area contributed by atoms with Gasteiger partial charge in [0.25, 0.3) is 0 Å². The molecule has 17 heavy (non-hydrogen) atoms. The average Bonchev–Trinajstić information content (AvgIpc) is 2.25. The molecule has 0 aliphatic carbocycles. The minimum atomic E-state index is -0.362. The van der Waals surface area contributed by atoms with E-state index in [0.717, 1.165) is 6.42 Å². The first-order valence-electron chi connectivity index (χ1n) is 6.07. The molecule has 0 fully saturated rings. The zero-order valence-corrected chi connectivity index (χ0v) is 11.4. The smallest absolute Gasteiger partial charge is 0.325 e. The van der Waals surface area contributed by atoms with E-state index in [1.165, 1.54) is 4.90 Å². The van der Waals surface area contributed by atoms with E-state index in [-0.39, 0.29) is 24.5 Å². The first kappa shape index (κ1) is 15.7. The second-order valence-electron chi connectivity index (χ2n) is 4.13. The van der Waals surface area contributed by atoms with Gasteiger partial charge in [-0.2, -0.15) is 0 Å². The Morgan fingerprint density at radius 1 is 1.29 bits per heavy atom. The number of allylic oxidation sites excluding steroid dienone is 1. The molecule has 98 valence electrons. The molecule has 0 N–H and O–H groups in total. The summed E-state index contributed by atoms with van der Waals surface area (Å²) in [5, 5.41) is 0. The van der Waals surface area contributed by atoms with Crippen molar-refractivity contribution in [1.29, 1.82) is 0 Å². The molecule has 0 heterocycles. The van der Waals surface area contributed by atoms with Crippen LogP contribution in [0.5, 0.6) is 0 Å². The molecule has 0 spiro atoms. The summed E-state index contributed by atoms with van der Waals surface area (Å²) < 4.78 is 4.86. The lowest BCUT2D eigenvalue weighted by Gasteiger charge is -2.26. The summed E-state index contributed by atoms with van der Waals surface area (Å²) in [5.41, 5.74) is 0.672. The summed E-state index contributed by atoms with van der Waals surface area (Å²) in [4.78, 5) is 25.0. The third-order valence-electron chi connectivity index (χ3n) is 2.34. The highest BCUT2D eigenvalue weighted by atomic mass is 16.5. The normalized spacial score (nSPS) is 11.5. The van der Waals surface area contributed by atoms with Gasteiger partial charge in [-0.1, -0.05) is 13.0 Å². The number of hydrogen-bond acceptors (Lipinski definition) is 3. The van der Waals surface area contributed by atoms with Gasteiger partial charge >= 0.3 is 5.97 Å². The van der Waals surface area contributed by atoms with Gasteiger partial charge in [-0.25, -0.2) is 0 Å². The first-order chi connectivity index (χ1) is 7.93. The summed E-state index contributed by atoms with van der Waals surface area (Å²) >= 11 is 0. The van der Waals surface area contributed by atoms with Crippen molar-refractivity contribution in [2.45, 2.75) is 47.1 Å². The number of amides is 1. The summed E-state index contributed by atoms with van der Waals surface area (Å²) in [7, 11) is 0. The third-order valence-corrected chi connectivity index (χ3v) is 2.34. The van der Waals surface area contributed by atoms with Gasteiger partial charge in [-0.15, -0.1) is 0 Å². The van der Waals surface area contributed by atoms with E-state index < -0.39 is 0 Å². The van der Waals surface area contributed by atoms with Gasteiger partial charge in [0, 0.05) is 11.6 Å². The maximum Gasteiger partial charge on any atom is 0.325 e.